The number of ether oxygens (including phenoxy) is 1. The summed E-state index contributed by atoms with van der Waals surface area (Å²) in [5.41, 5.74) is 2.11. The van der Waals surface area contributed by atoms with Crippen molar-refractivity contribution in [3.63, 3.8) is 0 Å². The van der Waals surface area contributed by atoms with Gasteiger partial charge < -0.3 is 4.74 Å². The number of rotatable bonds is 0. The highest BCUT2D eigenvalue weighted by molar-refractivity contribution is 14.1. The van der Waals surface area contributed by atoms with E-state index in [1.165, 1.54) is 0 Å². The molecule has 0 fully saturated rings. The number of benzene rings is 1. The quantitative estimate of drug-likeness (QED) is 0.654. The third-order valence-electron chi connectivity index (χ3n) is 1.76. The zero-order chi connectivity index (χ0) is 7.84. The molecule has 1 nitrogen and oxygen atoms in total. The van der Waals surface area contributed by atoms with E-state index >= 15 is 0 Å². The highest BCUT2D eigenvalue weighted by Gasteiger charge is 2.13. The fourth-order valence-electron chi connectivity index (χ4n) is 1.17. The van der Waals surface area contributed by atoms with Crippen molar-refractivity contribution in [1.29, 1.82) is 0 Å². The van der Waals surface area contributed by atoms with E-state index in [-0.39, 0.29) is 5.82 Å². The predicted molar refractivity (Wildman–Crippen MR) is 47.6 cm³/mol. The van der Waals surface area contributed by atoms with Gasteiger partial charge in [0.1, 0.15) is 5.82 Å². The molecule has 0 bridgehead atoms. The van der Waals surface area contributed by atoms with Gasteiger partial charge in [-0.15, -0.1) is 0 Å². The van der Waals surface area contributed by atoms with Gasteiger partial charge in [0.2, 0.25) is 0 Å². The first-order chi connectivity index (χ1) is 5.27. The molecule has 0 aliphatic carbocycles. The van der Waals surface area contributed by atoms with Gasteiger partial charge in [0, 0.05) is 3.57 Å². The van der Waals surface area contributed by atoms with Crippen LogP contribution in [0.15, 0.2) is 12.1 Å². The lowest BCUT2D eigenvalue weighted by Crippen LogP contribution is -1.88. The summed E-state index contributed by atoms with van der Waals surface area (Å²) in [6.45, 7) is 1.19. The average Bonchev–Trinajstić information content (AvgIpc) is 2.36. The van der Waals surface area contributed by atoms with Crippen LogP contribution in [0.3, 0.4) is 0 Å². The van der Waals surface area contributed by atoms with E-state index in [1.54, 1.807) is 6.07 Å². The summed E-state index contributed by atoms with van der Waals surface area (Å²) < 4.78 is 18.7. The molecule has 1 heterocycles. The average molecular weight is 264 g/mol. The molecule has 0 radical (unpaired) electrons. The molecule has 1 aliphatic heterocycles. The first-order valence-electron chi connectivity index (χ1n) is 3.32. The molecule has 0 amide bonds. The summed E-state index contributed by atoms with van der Waals surface area (Å²) in [6, 6.07) is 3.41. The first-order valence-corrected chi connectivity index (χ1v) is 4.40. The van der Waals surface area contributed by atoms with Gasteiger partial charge in [-0.1, -0.05) is 0 Å². The topological polar surface area (TPSA) is 9.23 Å². The highest BCUT2D eigenvalue weighted by Crippen LogP contribution is 2.23. The predicted octanol–water partition coefficient (Wildman–Crippen LogP) is 2.46. The first kappa shape index (κ1) is 7.49. The van der Waals surface area contributed by atoms with Crippen molar-refractivity contribution in [2.75, 3.05) is 0 Å². The Labute approximate surface area is 77.7 Å². The van der Waals surface area contributed by atoms with E-state index < -0.39 is 0 Å². The smallest absolute Gasteiger partial charge is 0.136 e. The van der Waals surface area contributed by atoms with Gasteiger partial charge in [-0.05, 0) is 45.9 Å². The van der Waals surface area contributed by atoms with Crippen LogP contribution in [0, 0.1) is 9.39 Å². The van der Waals surface area contributed by atoms with E-state index in [0.29, 0.717) is 16.8 Å². The number of fused-ring (bicyclic) bond motifs is 1. The van der Waals surface area contributed by atoms with Gasteiger partial charge >= 0.3 is 0 Å². The van der Waals surface area contributed by atoms with E-state index in [4.69, 9.17) is 4.74 Å². The lowest BCUT2D eigenvalue weighted by Gasteiger charge is -1.98. The van der Waals surface area contributed by atoms with Crippen LogP contribution < -0.4 is 0 Å². The maximum absolute atomic E-state index is 12.9. The summed E-state index contributed by atoms with van der Waals surface area (Å²) in [6.07, 6.45) is 0. The van der Waals surface area contributed by atoms with Crippen LogP contribution in [0.2, 0.25) is 0 Å². The summed E-state index contributed by atoms with van der Waals surface area (Å²) >= 11 is 1.99. The third-order valence-corrected chi connectivity index (χ3v) is 2.58. The number of halogens is 2. The van der Waals surface area contributed by atoms with Crippen LogP contribution in [-0.4, -0.2) is 0 Å². The summed E-state index contributed by atoms with van der Waals surface area (Å²) in [5, 5.41) is 0. The molecule has 58 valence electrons. The molecule has 0 spiro atoms. The fourth-order valence-corrected chi connectivity index (χ4v) is 1.70. The molecule has 3 heteroatoms. The van der Waals surface area contributed by atoms with Gasteiger partial charge in [-0.25, -0.2) is 4.39 Å². The van der Waals surface area contributed by atoms with Crippen LogP contribution in [-0.2, 0) is 18.0 Å². The Morgan fingerprint density at radius 3 is 2.64 bits per heavy atom. The molecule has 1 aromatic carbocycles. The largest absolute Gasteiger partial charge is 0.372 e. The van der Waals surface area contributed by atoms with Crippen molar-refractivity contribution in [3.05, 3.63) is 32.6 Å². The molecule has 1 aliphatic rings. The van der Waals surface area contributed by atoms with Crippen LogP contribution in [0.4, 0.5) is 4.39 Å². The third kappa shape index (κ3) is 1.27. The second kappa shape index (κ2) is 2.71. The van der Waals surface area contributed by atoms with Crippen LogP contribution in [0.25, 0.3) is 0 Å². The number of hydrogen-bond donors (Lipinski definition) is 0. The molecule has 0 saturated carbocycles. The number of hydrogen-bond acceptors (Lipinski definition) is 1. The van der Waals surface area contributed by atoms with Gasteiger partial charge in [0.25, 0.3) is 0 Å². The molecule has 0 saturated heterocycles. The summed E-state index contributed by atoms with van der Waals surface area (Å²) in [4.78, 5) is 0. The molecule has 0 unspecified atom stereocenters. The lowest BCUT2D eigenvalue weighted by atomic mass is 10.1. The normalized spacial score (nSPS) is 15.1. The zero-order valence-electron chi connectivity index (χ0n) is 5.73. The Balaban J connectivity index is 2.57. The molecule has 0 N–H and O–H groups in total. The zero-order valence-corrected chi connectivity index (χ0v) is 7.89. The molecule has 11 heavy (non-hydrogen) atoms. The van der Waals surface area contributed by atoms with E-state index in [1.807, 2.05) is 28.7 Å². The summed E-state index contributed by atoms with van der Waals surface area (Å²) in [5.74, 6) is -0.144. The second-order valence-electron chi connectivity index (χ2n) is 2.53. The Kier molecular flexibility index (Phi) is 1.85. The fraction of sp³-hybridized carbons (Fsp3) is 0.250. The van der Waals surface area contributed by atoms with Gasteiger partial charge in [0.05, 0.1) is 13.2 Å². The van der Waals surface area contributed by atoms with Crippen molar-refractivity contribution in [3.8, 4) is 0 Å². The monoisotopic (exact) mass is 264 g/mol. The van der Waals surface area contributed by atoms with Crippen molar-refractivity contribution in [2.45, 2.75) is 13.2 Å². The molecule has 1 aromatic rings. The minimum absolute atomic E-state index is 0.144. The Bertz CT molecular complexity index is 269. The standard InChI is InChI=1S/C8H6FIO/c9-7-1-5-3-11-4-6(5)2-8(7)10/h1-2H,3-4H2. The maximum atomic E-state index is 12.9. The van der Waals surface area contributed by atoms with Crippen molar-refractivity contribution in [2.24, 2.45) is 0 Å². The molecular formula is C8H6FIO. The molecule has 0 aromatic heterocycles. The van der Waals surface area contributed by atoms with Gasteiger partial charge in [-0.3, -0.25) is 0 Å². The SMILES string of the molecule is Fc1cc2c(cc1I)COC2. The van der Waals surface area contributed by atoms with Crippen LogP contribution in [0.5, 0.6) is 0 Å². The second-order valence-corrected chi connectivity index (χ2v) is 3.69. The Hall–Kier alpha value is -0.160. The van der Waals surface area contributed by atoms with Gasteiger partial charge in [0.15, 0.2) is 0 Å². The minimum atomic E-state index is -0.144. The molecule has 2 rings (SSSR count). The van der Waals surface area contributed by atoms with Crippen molar-refractivity contribution < 1.29 is 9.13 Å². The van der Waals surface area contributed by atoms with Gasteiger partial charge in [-0.2, -0.15) is 0 Å². The van der Waals surface area contributed by atoms with Crippen molar-refractivity contribution >= 4 is 22.6 Å². The maximum Gasteiger partial charge on any atom is 0.136 e. The van der Waals surface area contributed by atoms with Crippen LogP contribution in [0.1, 0.15) is 11.1 Å². The van der Waals surface area contributed by atoms with E-state index in [0.717, 1.165) is 11.1 Å². The van der Waals surface area contributed by atoms with Crippen molar-refractivity contribution in [1.82, 2.24) is 0 Å². The van der Waals surface area contributed by atoms with Crippen LogP contribution >= 0.6 is 22.6 Å². The highest BCUT2D eigenvalue weighted by atomic mass is 127. The summed E-state index contributed by atoms with van der Waals surface area (Å²) in [7, 11) is 0. The van der Waals surface area contributed by atoms with E-state index in [2.05, 4.69) is 0 Å². The van der Waals surface area contributed by atoms with E-state index in [9.17, 15) is 4.39 Å². The Morgan fingerprint density at radius 2 is 1.91 bits per heavy atom. The lowest BCUT2D eigenvalue weighted by molar-refractivity contribution is 0.134. The molecule has 0 atom stereocenters. The Morgan fingerprint density at radius 1 is 1.27 bits per heavy atom. The minimum Gasteiger partial charge on any atom is -0.372 e. The molecular weight excluding hydrogens is 258 g/mol.